The van der Waals surface area contributed by atoms with Crippen molar-refractivity contribution < 1.29 is 24.2 Å². The number of hydrogen-bond acceptors (Lipinski definition) is 6. The number of hydrogen-bond donors (Lipinski definition) is 2. The first-order valence-corrected chi connectivity index (χ1v) is 10.4. The van der Waals surface area contributed by atoms with E-state index in [9.17, 15) is 19.5 Å². The molecule has 4 rings (SSSR count). The number of likely N-dealkylation sites (tertiary alicyclic amines) is 1. The molecular formula is C24H26N2O5. The van der Waals surface area contributed by atoms with E-state index in [0.717, 1.165) is 21.6 Å². The van der Waals surface area contributed by atoms with E-state index in [0.29, 0.717) is 0 Å². The van der Waals surface area contributed by atoms with Gasteiger partial charge in [0, 0.05) is 19.5 Å². The van der Waals surface area contributed by atoms with Gasteiger partial charge in [-0.05, 0) is 42.7 Å². The van der Waals surface area contributed by atoms with Gasteiger partial charge < -0.3 is 9.84 Å². The standard InChI is InChI=1S/C24H26N2O5/c1-4-31-23(30)24(13-15-9-11-16(27)12-10-15)19-18(21(28)26(3)22(19)29)20(25-24)17-8-6-5-7-14(17)2/h5-12,18-20,25,27H,4,13H2,1-3H3/t18-,19-,20-,24-/m0/s1. The molecule has 0 saturated carbocycles. The average Bonchev–Trinajstić information content (AvgIpc) is 3.20. The number of rotatable bonds is 5. The lowest BCUT2D eigenvalue weighted by Gasteiger charge is -2.33. The summed E-state index contributed by atoms with van der Waals surface area (Å²) < 4.78 is 5.43. The van der Waals surface area contributed by atoms with E-state index in [1.807, 2.05) is 31.2 Å². The van der Waals surface area contributed by atoms with Gasteiger partial charge in [0.15, 0.2) is 0 Å². The summed E-state index contributed by atoms with van der Waals surface area (Å²) in [5, 5.41) is 13.0. The van der Waals surface area contributed by atoms with Gasteiger partial charge in [-0.3, -0.25) is 24.6 Å². The van der Waals surface area contributed by atoms with Gasteiger partial charge in [0.1, 0.15) is 11.3 Å². The van der Waals surface area contributed by atoms with Crippen LogP contribution in [0.2, 0.25) is 0 Å². The van der Waals surface area contributed by atoms with Crippen molar-refractivity contribution in [2.75, 3.05) is 13.7 Å². The Kier molecular flexibility index (Phi) is 5.31. The molecular weight excluding hydrogens is 396 g/mol. The smallest absolute Gasteiger partial charge is 0.327 e. The summed E-state index contributed by atoms with van der Waals surface area (Å²) in [6.45, 7) is 3.81. The largest absolute Gasteiger partial charge is 0.508 e. The molecule has 7 heteroatoms. The van der Waals surface area contributed by atoms with Crippen LogP contribution in [0.3, 0.4) is 0 Å². The Hall–Kier alpha value is -3.19. The van der Waals surface area contributed by atoms with Crippen LogP contribution in [0.15, 0.2) is 48.5 Å². The SMILES string of the molecule is CCOC(=O)[C@@]1(Cc2ccc(O)cc2)N[C@@H](c2ccccc2C)[C@H]2C(=O)N(C)C(=O)[C@H]21. The maximum absolute atomic E-state index is 13.4. The van der Waals surface area contributed by atoms with Crippen molar-refractivity contribution in [3.63, 3.8) is 0 Å². The van der Waals surface area contributed by atoms with E-state index in [1.165, 1.54) is 19.2 Å². The molecule has 2 aliphatic heterocycles. The van der Waals surface area contributed by atoms with Crippen molar-refractivity contribution >= 4 is 17.8 Å². The Morgan fingerprint density at radius 2 is 1.81 bits per heavy atom. The summed E-state index contributed by atoms with van der Waals surface area (Å²) in [6, 6.07) is 13.6. The quantitative estimate of drug-likeness (QED) is 0.566. The number of aromatic hydroxyl groups is 1. The first-order chi connectivity index (χ1) is 14.8. The number of phenols is 1. The highest BCUT2D eigenvalue weighted by Crippen LogP contribution is 2.50. The zero-order valence-corrected chi connectivity index (χ0v) is 17.8. The van der Waals surface area contributed by atoms with Gasteiger partial charge in [-0.25, -0.2) is 0 Å². The van der Waals surface area contributed by atoms with E-state index in [2.05, 4.69) is 5.32 Å². The first kappa shape index (κ1) is 21.1. The zero-order chi connectivity index (χ0) is 22.3. The van der Waals surface area contributed by atoms with Gasteiger partial charge in [-0.1, -0.05) is 36.4 Å². The number of ether oxygens (including phenoxy) is 1. The molecule has 0 bridgehead atoms. The Morgan fingerprint density at radius 3 is 2.45 bits per heavy atom. The van der Waals surface area contributed by atoms with Gasteiger partial charge in [0.2, 0.25) is 11.8 Å². The van der Waals surface area contributed by atoms with Crippen LogP contribution in [0.5, 0.6) is 5.75 Å². The minimum atomic E-state index is -1.40. The summed E-state index contributed by atoms with van der Waals surface area (Å²) in [5.41, 5.74) is 1.20. The number of benzene rings is 2. The van der Waals surface area contributed by atoms with Crippen LogP contribution in [0.25, 0.3) is 0 Å². The first-order valence-electron chi connectivity index (χ1n) is 10.4. The molecule has 2 amide bonds. The average molecular weight is 422 g/mol. The Morgan fingerprint density at radius 1 is 1.13 bits per heavy atom. The van der Waals surface area contributed by atoms with Crippen LogP contribution in [0, 0.1) is 18.8 Å². The number of imide groups is 1. The van der Waals surface area contributed by atoms with E-state index in [-0.39, 0.29) is 30.6 Å². The van der Waals surface area contributed by atoms with Crippen LogP contribution in [-0.2, 0) is 25.5 Å². The number of carbonyl (C=O) groups excluding carboxylic acids is 3. The molecule has 2 N–H and O–H groups in total. The van der Waals surface area contributed by atoms with Crippen molar-refractivity contribution in [3.8, 4) is 5.75 Å². The minimum absolute atomic E-state index is 0.107. The van der Waals surface area contributed by atoms with Crippen molar-refractivity contribution in [1.29, 1.82) is 0 Å². The molecule has 0 aromatic heterocycles. The maximum atomic E-state index is 13.4. The minimum Gasteiger partial charge on any atom is -0.508 e. The van der Waals surface area contributed by atoms with E-state index < -0.39 is 29.4 Å². The van der Waals surface area contributed by atoms with Gasteiger partial charge in [-0.2, -0.15) is 0 Å². The lowest BCUT2D eigenvalue weighted by Crippen LogP contribution is -2.57. The predicted molar refractivity (Wildman–Crippen MR) is 113 cm³/mol. The fourth-order valence-electron chi connectivity index (χ4n) is 4.97. The molecule has 7 nitrogen and oxygen atoms in total. The third-order valence-corrected chi connectivity index (χ3v) is 6.46. The zero-order valence-electron chi connectivity index (χ0n) is 17.8. The van der Waals surface area contributed by atoms with Crippen molar-refractivity contribution in [3.05, 3.63) is 65.2 Å². The number of nitrogens with one attached hydrogen (secondary N) is 1. The molecule has 2 heterocycles. The lowest BCUT2D eigenvalue weighted by molar-refractivity contribution is -0.156. The molecule has 0 aliphatic carbocycles. The molecule has 4 atom stereocenters. The number of amides is 2. The highest BCUT2D eigenvalue weighted by Gasteiger charge is 2.68. The molecule has 0 radical (unpaired) electrons. The monoisotopic (exact) mass is 422 g/mol. The van der Waals surface area contributed by atoms with Gasteiger partial charge in [0.05, 0.1) is 18.4 Å². The summed E-state index contributed by atoms with van der Waals surface area (Å²) in [6.07, 6.45) is 0.155. The number of phenolic OH excluding ortho intramolecular Hbond substituents is 1. The molecule has 2 fully saturated rings. The molecule has 0 unspecified atom stereocenters. The third kappa shape index (κ3) is 3.29. The summed E-state index contributed by atoms with van der Waals surface area (Å²) in [4.78, 5) is 40.9. The van der Waals surface area contributed by atoms with Crippen LogP contribution >= 0.6 is 0 Å². The highest BCUT2D eigenvalue weighted by atomic mass is 16.5. The fourth-order valence-corrected chi connectivity index (χ4v) is 4.97. The Labute approximate surface area is 181 Å². The molecule has 2 aromatic rings. The van der Waals surface area contributed by atoms with Crippen LogP contribution in [-0.4, -0.2) is 47.0 Å². The lowest BCUT2D eigenvalue weighted by atomic mass is 9.76. The second kappa shape index (κ2) is 7.81. The van der Waals surface area contributed by atoms with Gasteiger partial charge >= 0.3 is 5.97 Å². The third-order valence-electron chi connectivity index (χ3n) is 6.46. The highest BCUT2D eigenvalue weighted by molar-refractivity contribution is 6.09. The second-order valence-electron chi connectivity index (χ2n) is 8.25. The summed E-state index contributed by atoms with van der Waals surface area (Å²) >= 11 is 0. The predicted octanol–water partition coefficient (Wildman–Crippen LogP) is 2.12. The molecule has 0 spiro atoms. The van der Waals surface area contributed by atoms with Crippen molar-refractivity contribution in [2.45, 2.75) is 31.8 Å². The molecule has 31 heavy (non-hydrogen) atoms. The molecule has 162 valence electrons. The Balaban J connectivity index is 1.87. The number of carbonyl (C=O) groups is 3. The second-order valence-corrected chi connectivity index (χ2v) is 8.25. The normalized spacial score (nSPS) is 27.5. The van der Waals surface area contributed by atoms with Crippen LogP contribution in [0.4, 0.5) is 0 Å². The van der Waals surface area contributed by atoms with Crippen molar-refractivity contribution in [2.24, 2.45) is 11.8 Å². The number of nitrogens with zero attached hydrogens (tertiary/aromatic N) is 1. The van der Waals surface area contributed by atoms with Gasteiger partial charge in [-0.15, -0.1) is 0 Å². The molecule has 2 saturated heterocycles. The number of fused-ring (bicyclic) bond motifs is 1. The fraction of sp³-hybridized carbons (Fsp3) is 0.375. The van der Waals surface area contributed by atoms with Crippen molar-refractivity contribution in [1.82, 2.24) is 10.2 Å². The summed E-state index contributed by atoms with van der Waals surface area (Å²) in [5.74, 6) is -2.72. The van der Waals surface area contributed by atoms with E-state index in [4.69, 9.17) is 4.74 Å². The van der Waals surface area contributed by atoms with E-state index in [1.54, 1.807) is 19.1 Å². The molecule has 2 aliphatic rings. The number of aryl methyl sites for hydroxylation is 1. The number of esters is 1. The maximum Gasteiger partial charge on any atom is 0.327 e. The van der Waals surface area contributed by atoms with Crippen LogP contribution in [0.1, 0.15) is 29.7 Å². The summed E-state index contributed by atoms with van der Waals surface area (Å²) in [7, 11) is 1.47. The van der Waals surface area contributed by atoms with E-state index >= 15 is 0 Å². The topological polar surface area (TPSA) is 95.9 Å². The van der Waals surface area contributed by atoms with Gasteiger partial charge in [0.25, 0.3) is 0 Å². The molecule has 2 aromatic carbocycles. The Bertz CT molecular complexity index is 1030. The van der Waals surface area contributed by atoms with Crippen LogP contribution < -0.4 is 5.32 Å².